The maximum absolute atomic E-state index is 12.9. The maximum atomic E-state index is 12.9. The summed E-state index contributed by atoms with van der Waals surface area (Å²) in [4.78, 5) is 21.8. The summed E-state index contributed by atoms with van der Waals surface area (Å²) in [6, 6.07) is 6.39. The van der Waals surface area contributed by atoms with Crippen molar-refractivity contribution < 1.29 is 19.1 Å². The normalized spacial score (nSPS) is 19.2. The first-order valence-corrected chi connectivity index (χ1v) is 7.03. The molecule has 1 aliphatic heterocycles. The molecule has 0 bridgehead atoms. The number of piperidine rings is 1. The number of benzene rings is 1. The molecule has 0 spiro atoms. The molecule has 6 heteroatoms. The van der Waals surface area contributed by atoms with Crippen molar-refractivity contribution in [3.63, 3.8) is 0 Å². The smallest absolute Gasteiger partial charge is 0.422 e. The fourth-order valence-corrected chi connectivity index (χ4v) is 2.77. The molecule has 0 aromatic heterocycles. The summed E-state index contributed by atoms with van der Waals surface area (Å²) in [6.07, 6.45) is 2.16. The average Bonchev–Trinajstić information content (AvgIpc) is 2.47. The van der Waals surface area contributed by atoms with Crippen LogP contribution in [0, 0.1) is 11.7 Å². The minimum atomic E-state index is -1.11. The number of amides is 1. The van der Waals surface area contributed by atoms with Crippen LogP contribution in [0.15, 0.2) is 24.3 Å². The largest absolute Gasteiger partial charge is 0.464 e. The molecule has 1 amide bonds. The van der Waals surface area contributed by atoms with Crippen LogP contribution in [-0.4, -0.2) is 47.1 Å². The Morgan fingerprint density at radius 1 is 1.43 bits per heavy atom. The molecule has 1 heterocycles. The second-order valence-corrected chi connectivity index (χ2v) is 5.28. The van der Waals surface area contributed by atoms with E-state index in [0.29, 0.717) is 25.3 Å². The van der Waals surface area contributed by atoms with Crippen molar-refractivity contribution in [1.82, 2.24) is 10.0 Å². The lowest BCUT2D eigenvalue weighted by Gasteiger charge is -2.38. The van der Waals surface area contributed by atoms with Crippen LogP contribution in [-0.2, 0) is 11.2 Å². The highest BCUT2D eigenvalue weighted by Gasteiger charge is 2.27. The number of hydrazine groups is 1. The predicted octanol–water partition coefficient (Wildman–Crippen LogP) is 2.17. The van der Waals surface area contributed by atoms with Gasteiger partial charge in [0.05, 0.1) is 6.54 Å². The summed E-state index contributed by atoms with van der Waals surface area (Å²) in [7, 11) is 0. The second kappa shape index (κ2) is 7.17. The Hall–Kier alpha value is -1.95. The van der Waals surface area contributed by atoms with Gasteiger partial charge in [-0.25, -0.2) is 19.2 Å². The van der Waals surface area contributed by atoms with Gasteiger partial charge in [-0.1, -0.05) is 12.1 Å². The van der Waals surface area contributed by atoms with Crippen LogP contribution in [0.2, 0.25) is 0 Å². The number of hydrogen-bond acceptors (Lipinski definition) is 3. The van der Waals surface area contributed by atoms with Gasteiger partial charge in [-0.3, -0.25) is 0 Å². The van der Waals surface area contributed by atoms with Gasteiger partial charge in [-0.2, -0.15) is 0 Å². The topological polar surface area (TPSA) is 60.9 Å². The first-order valence-electron chi connectivity index (χ1n) is 7.03. The number of rotatable bonds is 5. The highest BCUT2D eigenvalue weighted by Crippen LogP contribution is 2.22. The van der Waals surface area contributed by atoms with Crippen LogP contribution in [0.1, 0.15) is 18.4 Å². The van der Waals surface area contributed by atoms with E-state index in [1.54, 1.807) is 17.1 Å². The molecule has 2 rings (SSSR count). The fraction of sp³-hybridized carbons (Fsp3) is 0.467. The molecule has 0 saturated carbocycles. The third-order valence-corrected chi connectivity index (χ3v) is 3.74. The zero-order valence-electron chi connectivity index (χ0n) is 11.7. The summed E-state index contributed by atoms with van der Waals surface area (Å²) < 4.78 is 12.9. The first-order chi connectivity index (χ1) is 10.1. The van der Waals surface area contributed by atoms with Gasteiger partial charge in [-0.05, 0) is 42.9 Å². The quantitative estimate of drug-likeness (QED) is 0.846. The minimum Gasteiger partial charge on any atom is -0.464 e. The Balaban J connectivity index is 1.97. The van der Waals surface area contributed by atoms with Crippen LogP contribution >= 0.6 is 0 Å². The lowest BCUT2D eigenvalue weighted by molar-refractivity contribution is -0.114. The minimum absolute atomic E-state index is 0.140. The molecule has 0 radical (unpaired) electrons. The summed E-state index contributed by atoms with van der Waals surface area (Å²) in [5, 5.41) is 11.9. The van der Waals surface area contributed by atoms with E-state index in [9.17, 15) is 14.0 Å². The van der Waals surface area contributed by atoms with Gasteiger partial charge < -0.3 is 9.90 Å². The molecule has 1 fully saturated rings. The Morgan fingerprint density at radius 2 is 2.14 bits per heavy atom. The monoisotopic (exact) mass is 294 g/mol. The SMILES string of the molecule is O=CCN(C(=O)O)N1CCC[C@@H](Cc2ccc(F)cc2)C1. The molecule has 0 aliphatic carbocycles. The van der Waals surface area contributed by atoms with E-state index in [4.69, 9.17) is 5.11 Å². The summed E-state index contributed by atoms with van der Waals surface area (Å²) >= 11 is 0. The number of carbonyl (C=O) groups is 2. The van der Waals surface area contributed by atoms with E-state index in [1.807, 2.05) is 0 Å². The highest BCUT2D eigenvalue weighted by molar-refractivity contribution is 5.68. The molecule has 0 unspecified atom stereocenters. The van der Waals surface area contributed by atoms with Gasteiger partial charge >= 0.3 is 6.09 Å². The van der Waals surface area contributed by atoms with Crippen LogP contribution in [0.5, 0.6) is 0 Å². The van der Waals surface area contributed by atoms with Gasteiger partial charge in [0, 0.05) is 13.1 Å². The zero-order valence-corrected chi connectivity index (χ0v) is 11.7. The Morgan fingerprint density at radius 3 is 2.76 bits per heavy atom. The maximum Gasteiger partial charge on any atom is 0.422 e. The van der Waals surface area contributed by atoms with E-state index in [2.05, 4.69) is 0 Å². The number of halogens is 1. The number of nitrogens with zero attached hydrogens (tertiary/aromatic N) is 2. The van der Waals surface area contributed by atoms with Gasteiger partial charge in [0.1, 0.15) is 12.1 Å². The highest BCUT2D eigenvalue weighted by atomic mass is 19.1. The number of carbonyl (C=O) groups excluding carboxylic acids is 1. The summed E-state index contributed by atoms with van der Waals surface area (Å²) in [5.41, 5.74) is 1.04. The number of aldehydes is 1. The molecular formula is C15H19FN2O3. The number of hydrogen-bond donors (Lipinski definition) is 1. The standard InChI is InChI=1S/C15H19FN2O3/c16-14-5-3-12(4-6-14)10-13-2-1-7-17(11-13)18(8-9-19)15(20)21/h3-6,9,13H,1-2,7-8,10-11H2,(H,20,21)/t13-/m0/s1. The molecule has 21 heavy (non-hydrogen) atoms. The summed E-state index contributed by atoms with van der Waals surface area (Å²) in [6.45, 7) is 1.09. The lowest BCUT2D eigenvalue weighted by Crippen LogP contribution is -2.51. The fourth-order valence-electron chi connectivity index (χ4n) is 2.77. The Labute approximate surface area is 122 Å². The molecule has 1 saturated heterocycles. The zero-order chi connectivity index (χ0) is 15.2. The molecule has 1 aromatic rings. The van der Waals surface area contributed by atoms with E-state index in [0.717, 1.165) is 29.8 Å². The Bertz CT molecular complexity index is 492. The third-order valence-electron chi connectivity index (χ3n) is 3.74. The van der Waals surface area contributed by atoms with Crippen molar-refractivity contribution >= 4 is 12.4 Å². The van der Waals surface area contributed by atoms with E-state index >= 15 is 0 Å². The van der Waals surface area contributed by atoms with Crippen LogP contribution < -0.4 is 0 Å². The van der Waals surface area contributed by atoms with Crippen molar-refractivity contribution in [1.29, 1.82) is 0 Å². The summed E-state index contributed by atoms with van der Waals surface area (Å²) in [5.74, 6) is 0.0461. The third kappa shape index (κ3) is 4.26. The molecule has 1 atom stereocenters. The van der Waals surface area contributed by atoms with Crippen molar-refractivity contribution in [2.75, 3.05) is 19.6 Å². The van der Waals surface area contributed by atoms with Crippen molar-refractivity contribution in [2.45, 2.75) is 19.3 Å². The molecule has 1 aromatic carbocycles. The van der Waals surface area contributed by atoms with Crippen LogP contribution in [0.3, 0.4) is 0 Å². The van der Waals surface area contributed by atoms with E-state index in [-0.39, 0.29) is 12.4 Å². The predicted molar refractivity (Wildman–Crippen MR) is 75.2 cm³/mol. The van der Waals surface area contributed by atoms with Gasteiger partial charge in [0.25, 0.3) is 0 Å². The van der Waals surface area contributed by atoms with Gasteiger partial charge in [0.2, 0.25) is 0 Å². The van der Waals surface area contributed by atoms with Crippen molar-refractivity contribution in [3.8, 4) is 0 Å². The second-order valence-electron chi connectivity index (χ2n) is 5.28. The van der Waals surface area contributed by atoms with Gasteiger partial charge in [0.15, 0.2) is 0 Å². The van der Waals surface area contributed by atoms with Gasteiger partial charge in [-0.15, -0.1) is 0 Å². The van der Waals surface area contributed by atoms with E-state index < -0.39 is 6.09 Å². The lowest BCUT2D eigenvalue weighted by atomic mass is 9.92. The molecule has 114 valence electrons. The van der Waals surface area contributed by atoms with Crippen LogP contribution in [0.25, 0.3) is 0 Å². The van der Waals surface area contributed by atoms with Crippen molar-refractivity contribution in [3.05, 3.63) is 35.6 Å². The molecular weight excluding hydrogens is 275 g/mol. The number of carboxylic acid groups (broad SMARTS) is 1. The van der Waals surface area contributed by atoms with E-state index in [1.165, 1.54) is 12.1 Å². The first kappa shape index (κ1) is 15.4. The van der Waals surface area contributed by atoms with Crippen LogP contribution in [0.4, 0.5) is 9.18 Å². The average molecular weight is 294 g/mol. The molecule has 5 nitrogen and oxygen atoms in total. The Kier molecular flexibility index (Phi) is 5.27. The van der Waals surface area contributed by atoms with Crippen molar-refractivity contribution in [2.24, 2.45) is 5.92 Å². The molecule has 1 aliphatic rings. The molecule has 1 N–H and O–H groups in total.